The maximum atomic E-state index is 11.5. The van der Waals surface area contributed by atoms with Crippen molar-refractivity contribution in [2.24, 2.45) is 23.2 Å². The van der Waals surface area contributed by atoms with Crippen molar-refractivity contribution < 1.29 is 14.7 Å². The normalized spacial score (nSPS) is 52.2. The summed E-state index contributed by atoms with van der Waals surface area (Å²) in [4.78, 5) is 23.1. The van der Waals surface area contributed by atoms with E-state index < -0.39 is 0 Å². The Morgan fingerprint density at radius 3 is 2.62 bits per heavy atom. The summed E-state index contributed by atoms with van der Waals surface area (Å²) in [5.74, 6) is -0.224. The quantitative estimate of drug-likeness (QED) is 0.585. The van der Waals surface area contributed by atoms with Gasteiger partial charge in [-0.1, -0.05) is 0 Å². The summed E-state index contributed by atoms with van der Waals surface area (Å²) >= 11 is 0. The molecule has 4 bridgehead atoms. The summed E-state index contributed by atoms with van der Waals surface area (Å²) in [6.07, 6.45) is 2.73. The molecule has 3 heteroatoms. The highest BCUT2D eigenvalue weighted by Gasteiger charge is 2.71. The molecule has 3 fully saturated rings. The van der Waals surface area contributed by atoms with Crippen LogP contribution in [-0.4, -0.2) is 23.3 Å². The van der Waals surface area contributed by atoms with Gasteiger partial charge in [0.25, 0.3) is 0 Å². The smallest absolute Gasteiger partial charge is 0.202 e. The number of aliphatic hydroxyl groups excluding tert-OH is 1. The second-order valence-electron chi connectivity index (χ2n) is 4.69. The van der Waals surface area contributed by atoms with Gasteiger partial charge in [-0.2, -0.15) is 0 Å². The third kappa shape index (κ3) is 0.602. The lowest BCUT2D eigenvalue weighted by molar-refractivity contribution is -0.149. The predicted octanol–water partition coefficient (Wildman–Crippen LogP) is 0.163. The van der Waals surface area contributed by atoms with Crippen LogP contribution in [0.5, 0.6) is 0 Å². The summed E-state index contributed by atoms with van der Waals surface area (Å²) < 4.78 is 0. The zero-order chi connectivity index (χ0) is 9.22. The molecule has 0 aliphatic heterocycles. The summed E-state index contributed by atoms with van der Waals surface area (Å²) in [6.45, 7) is 0.0241. The summed E-state index contributed by atoms with van der Waals surface area (Å²) in [5, 5.41) is 9.30. The summed E-state index contributed by atoms with van der Waals surface area (Å²) in [5.41, 5.74) is -0.308. The monoisotopic (exact) mass is 180 g/mol. The fourth-order valence-electron chi connectivity index (χ4n) is 3.80. The van der Waals surface area contributed by atoms with Gasteiger partial charge >= 0.3 is 0 Å². The molecule has 3 aliphatic carbocycles. The van der Waals surface area contributed by atoms with Crippen LogP contribution in [0.15, 0.2) is 0 Å². The second kappa shape index (κ2) is 2.03. The lowest BCUT2D eigenvalue weighted by atomic mass is 9.47. The number of hydrogen-bond acceptors (Lipinski definition) is 3. The molecule has 70 valence electrons. The number of Topliss-reactive ketones (excluding diaryl/α,β-unsaturated/α-hetero) is 2. The van der Waals surface area contributed by atoms with Gasteiger partial charge in [0.1, 0.15) is 0 Å². The van der Waals surface area contributed by atoms with Crippen LogP contribution in [0.4, 0.5) is 0 Å². The molecule has 0 spiro atoms. The number of ketones is 2. The van der Waals surface area contributed by atoms with E-state index in [2.05, 4.69) is 0 Å². The van der Waals surface area contributed by atoms with Crippen LogP contribution in [0.3, 0.4) is 0 Å². The van der Waals surface area contributed by atoms with Crippen LogP contribution >= 0.6 is 0 Å². The van der Waals surface area contributed by atoms with Gasteiger partial charge in [0.2, 0.25) is 11.6 Å². The van der Waals surface area contributed by atoms with Crippen LogP contribution in [0.1, 0.15) is 19.3 Å². The first-order chi connectivity index (χ1) is 6.20. The fraction of sp³-hybridized carbons (Fsp3) is 0.800. The van der Waals surface area contributed by atoms with Crippen LogP contribution in [0.25, 0.3) is 0 Å². The first kappa shape index (κ1) is 7.68. The van der Waals surface area contributed by atoms with E-state index >= 15 is 0 Å². The zero-order valence-electron chi connectivity index (χ0n) is 7.32. The molecule has 4 atom stereocenters. The molecule has 3 nitrogen and oxygen atoms in total. The summed E-state index contributed by atoms with van der Waals surface area (Å²) in [7, 11) is 0. The largest absolute Gasteiger partial charge is 0.396 e. The molecular weight excluding hydrogens is 168 g/mol. The molecule has 0 amide bonds. The minimum Gasteiger partial charge on any atom is -0.396 e. The van der Waals surface area contributed by atoms with Crippen molar-refractivity contribution in [2.45, 2.75) is 19.3 Å². The van der Waals surface area contributed by atoms with Gasteiger partial charge in [0.15, 0.2) is 0 Å². The topological polar surface area (TPSA) is 54.4 Å². The molecule has 3 saturated carbocycles. The van der Waals surface area contributed by atoms with Gasteiger partial charge in [-0.25, -0.2) is 0 Å². The number of carbonyl (C=O) groups is 2. The number of rotatable bonds is 1. The molecule has 13 heavy (non-hydrogen) atoms. The molecule has 0 heterocycles. The molecule has 0 radical (unpaired) electrons. The van der Waals surface area contributed by atoms with Crippen molar-refractivity contribution in [1.29, 1.82) is 0 Å². The molecule has 1 N–H and O–H groups in total. The van der Waals surface area contributed by atoms with Gasteiger partial charge in [0.05, 0.1) is 6.61 Å². The van der Waals surface area contributed by atoms with Crippen LogP contribution in [0, 0.1) is 23.2 Å². The van der Waals surface area contributed by atoms with Crippen molar-refractivity contribution in [3.63, 3.8) is 0 Å². The van der Waals surface area contributed by atoms with E-state index in [0.717, 1.165) is 19.3 Å². The molecule has 3 rings (SSSR count). The molecule has 0 aromatic carbocycles. The number of hydrogen-bond donors (Lipinski definition) is 1. The third-order valence-electron chi connectivity index (χ3n) is 4.39. The minimum atomic E-state index is -0.308. The third-order valence-corrected chi connectivity index (χ3v) is 4.39. The average Bonchev–Trinajstić information content (AvgIpc) is 2.21. The Morgan fingerprint density at radius 1 is 1.31 bits per heavy atom. The lowest BCUT2D eigenvalue weighted by Crippen LogP contribution is -2.55. The predicted molar refractivity (Wildman–Crippen MR) is 43.9 cm³/mol. The molecule has 4 unspecified atom stereocenters. The maximum Gasteiger partial charge on any atom is 0.202 e. The van der Waals surface area contributed by atoms with E-state index in [1.54, 1.807) is 0 Å². The van der Waals surface area contributed by atoms with E-state index in [9.17, 15) is 14.7 Å². The minimum absolute atomic E-state index is 0.0241. The van der Waals surface area contributed by atoms with E-state index in [1.807, 2.05) is 0 Å². The lowest BCUT2D eigenvalue weighted by Gasteiger charge is -2.55. The van der Waals surface area contributed by atoms with E-state index in [0.29, 0.717) is 5.92 Å². The zero-order valence-corrected chi connectivity index (χ0v) is 7.32. The van der Waals surface area contributed by atoms with Gasteiger partial charge in [0, 0.05) is 17.3 Å². The molecular formula is C10H12O3. The number of aliphatic hydroxyl groups is 1. The van der Waals surface area contributed by atoms with E-state index in [1.165, 1.54) is 0 Å². The van der Waals surface area contributed by atoms with Crippen molar-refractivity contribution >= 4 is 11.6 Å². The highest BCUT2D eigenvalue weighted by molar-refractivity contribution is 6.42. The maximum absolute atomic E-state index is 11.5. The van der Waals surface area contributed by atoms with E-state index in [4.69, 9.17) is 0 Å². The Hall–Kier alpha value is -0.700. The second-order valence-corrected chi connectivity index (χ2v) is 4.69. The van der Waals surface area contributed by atoms with Gasteiger partial charge < -0.3 is 5.11 Å². The SMILES string of the molecule is O=C1C(=O)C2C3CCC1C2(CO)C3. The van der Waals surface area contributed by atoms with Crippen molar-refractivity contribution in [2.75, 3.05) is 6.61 Å². The Morgan fingerprint density at radius 2 is 2.08 bits per heavy atom. The Labute approximate surface area is 76.1 Å². The van der Waals surface area contributed by atoms with Crippen LogP contribution in [0.2, 0.25) is 0 Å². The first-order valence-corrected chi connectivity index (χ1v) is 4.89. The highest BCUT2D eigenvalue weighted by Crippen LogP contribution is 2.66. The Balaban J connectivity index is 2.11. The molecule has 0 aromatic heterocycles. The molecule has 0 aromatic rings. The standard InChI is InChI=1S/C10H12O3/c11-4-10-3-5-1-2-6(10)8(12)9(13)7(5)10/h5-7,11H,1-4H2. The number of carbonyl (C=O) groups excluding carboxylic acids is 2. The average molecular weight is 180 g/mol. The van der Waals surface area contributed by atoms with Crippen LogP contribution in [-0.2, 0) is 9.59 Å². The van der Waals surface area contributed by atoms with Gasteiger partial charge in [-0.05, 0) is 25.2 Å². The van der Waals surface area contributed by atoms with Crippen molar-refractivity contribution in [3.05, 3.63) is 0 Å². The first-order valence-electron chi connectivity index (χ1n) is 4.89. The Bertz CT molecular complexity index is 291. The molecule has 0 saturated heterocycles. The van der Waals surface area contributed by atoms with Gasteiger partial charge in [-0.15, -0.1) is 0 Å². The fourth-order valence-corrected chi connectivity index (χ4v) is 3.80. The van der Waals surface area contributed by atoms with Gasteiger partial charge in [-0.3, -0.25) is 9.59 Å². The summed E-state index contributed by atoms with van der Waals surface area (Å²) in [6, 6.07) is 0. The van der Waals surface area contributed by atoms with Crippen LogP contribution < -0.4 is 0 Å². The van der Waals surface area contributed by atoms with Crippen molar-refractivity contribution in [1.82, 2.24) is 0 Å². The molecule has 3 aliphatic rings. The van der Waals surface area contributed by atoms with E-state index in [-0.39, 0.29) is 35.4 Å². The Kier molecular flexibility index (Phi) is 1.20. The highest BCUT2D eigenvalue weighted by atomic mass is 16.3. The van der Waals surface area contributed by atoms with Crippen molar-refractivity contribution in [3.8, 4) is 0 Å².